The molecule has 0 saturated carbocycles. The first-order valence-corrected chi connectivity index (χ1v) is 6.64. The van der Waals surface area contributed by atoms with Crippen molar-refractivity contribution in [1.29, 1.82) is 0 Å². The van der Waals surface area contributed by atoms with Gasteiger partial charge in [-0.1, -0.05) is 13.8 Å². The number of hydrogen-bond acceptors (Lipinski definition) is 3. The van der Waals surface area contributed by atoms with Crippen LogP contribution < -0.4 is 0 Å². The molecule has 2 unspecified atom stereocenters. The summed E-state index contributed by atoms with van der Waals surface area (Å²) in [5.74, 6) is -0.209. The predicted molar refractivity (Wildman–Crippen MR) is 68.9 cm³/mol. The zero-order valence-corrected chi connectivity index (χ0v) is 11.3. The topological polar surface area (TPSA) is 70.8 Å². The van der Waals surface area contributed by atoms with Crippen molar-refractivity contribution < 1.29 is 19.1 Å². The van der Waals surface area contributed by atoms with Gasteiger partial charge in [-0.05, 0) is 24.8 Å². The van der Waals surface area contributed by atoms with Crippen LogP contribution in [0.1, 0.15) is 42.8 Å². The standard InChI is InChI=1S/C14H19NO4/c1-3-12-10(5-7-19-12)13(16)15-6-4-9(2)8-11(15)14(17)18/h5,7,9,11H,3-4,6,8H2,1-2H3,(H,17,18). The van der Waals surface area contributed by atoms with Crippen molar-refractivity contribution in [3.8, 4) is 0 Å². The second kappa shape index (κ2) is 5.47. The summed E-state index contributed by atoms with van der Waals surface area (Å²) < 4.78 is 5.25. The van der Waals surface area contributed by atoms with Gasteiger partial charge in [0.25, 0.3) is 5.91 Å². The highest BCUT2D eigenvalue weighted by Gasteiger charge is 2.36. The highest BCUT2D eigenvalue weighted by molar-refractivity contribution is 5.97. The highest BCUT2D eigenvalue weighted by Crippen LogP contribution is 2.25. The molecule has 0 spiro atoms. The first-order valence-electron chi connectivity index (χ1n) is 6.64. The lowest BCUT2D eigenvalue weighted by molar-refractivity contribution is -0.144. The molecule has 0 radical (unpaired) electrons. The molecule has 2 rings (SSSR count). The molecule has 19 heavy (non-hydrogen) atoms. The number of furan rings is 1. The Hall–Kier alpha value is -1.78. The van der Waals surface area contributed by atoms with Gasteiger partial charge in [0.15, 0.2) is 0 Å². The van der Waals surface area contributed by atoms with Crippen molar-refractivity contribution in [3.05, 3.63) is 23.7 Å². The Labute approximate surface area is 112 Å². The SMILES string of the molecule is CCc1occc1C(=O)N1CCC(C)CC1C(=O)O. The monoisotopic (exact) mass is 265 g/mol. The minimum absolute atomic E-state index is 0.232. The van der Waals surface area contributed by atoms with Crippen LogP contribution in [0, 0.1) is 5.92 Å². The van der Waals surface area contributed by atoms with E-state index in [9.17, 15) is 14.7 Å². The molecule has 2 heterocycles. The van der Waals surface area contributed by atoms with Gasteiger partial charge in [0.1, 0.15) is 11.8 Å². The summed E-state index contributed by atoms with van der Waals surface area (Å²) in [5, 5.41) is 9.28. The Morgan fingerprint density at radius 2 is 2.26 bits per heavy atom. The average Bonchev–Trinajstić information content (AvgIpc) is 2.86. The van der Waals surface area contributed by atoms with Gasteiger partial charge >= 0.3 is 5.97 Å². The maximum absolute atomic E-state index is 12.5. The third-order valence-corrected chi connectivity index (χ3v) is 3.71. The van der Waals surface area contributed by atoms with Crippen LogP contribution in [0.4, 0.5) is 0 Å². The fraction of sp³-hybridized carbons (Fsp3) is 0.571. The van der Waals surface area contributed by atoms with Crippen LogP contribution in [0.2, 0.25) is 0 Å². The number of carboxylic acids is 1. The Morgan fingerprint density at radius 3 is 2.89 bits per heavy atom. The number of piperidine rings is 1. The molecule has 0 bridgehead atoms. The summed E-state index contributed by atoms with van der Waals surface area (Å²) in [4.78, 5) is 25.3. The number of carbonyl (C=O) groups excluding carboxylic acids is 1. The van der Waals surface area contributed by atoms with E-state index in [0.717, 1.165) is 6.42 Å². The lowest BCUT2D eigenvalue weighted by Gasteiger charge is -2.35. The van der Waals surface area contributed by atoms with Crippen molar-refractivity contribution in [2.45, 2.75) is 39.2 Å². The molecule has 1 saturated heterocycles. The minimum Gasteiger partial charge on any atom is -0.480 e. The number of carboxylic acid groups (broad SMARTS) is 1. The third-order valence-electron chi connectivity index (χ3n) is 3.71. The molecule has 0 aliphatic carbocycles. The molecule has 1 aliphatic heterocycles. The smallest absolute Gasteiger partial charge is 0.326 e. The molecule has 5 nitrogen and oxygen atoms in total. The number of carbonyl (C=O) groups is 2. The van der Waals surface area contributed by atoms with Gasteiger partial charge in [0.05, 0.1) is 11.8 Å². The van der Waals surface area contributed by atoms with E-state index in [4.69, 9.17) is 4.42 Å². The van der Waals surface area contributed by atoms with Crippen LogP contribution >= 0.6 is 0 Å². The summed E-state index contributed by atoms with van der Waals surface area (Å²) in [6, 6.07) is 0.897. The van der Waals surface area contributed by atoms with E-state index in [1.165, 1.54) is 11.2 Å². The van der Waals surface area contributed by atoms with Crippen molar-refractivity contribution in [2.24, 2.45) is 5.92 Å². The molecule has 1 amide bonds. The van der Waals surface area contributed by atoms with Crippen LogP contribution in [0.25, 0.3) is 0 Å². The average molecular weight is 265 g/mol. The molecular formula is C14H19NO4. The molecule has 1 aliphatic rings. The Balaban J connectivity index is 2.24. The highest BCUT2D eigenvalue weighted by atomic mass is 16.4. The first kappa shape index (κ1) is 13.6. The molecule has 0 aromatic carbocycles. The van der Waals surface area contributed by atoms with Gasteiger partial charge in [-0.3, -0.25) is 4.79 Å². The number of hydrogen-bond donors (Lipinski definition) is 1. The maximum atomic E-state index is 12.5. The van der Waals surface area contributed by atoms with Crippen LogP contribution in [0.15, 0.2) is 16.7 Å². The minimum atomic E-state index is -0.929. The number of aliphatic carboxylic acids is 1. The predicted octanol–water partition coefficient (Wildman–Crippen LogP) is 2.17. The van der Waals surface area contributed by atoms with Gasteiger partial charge in [0, 0.05) is 13.0 Å². The lowest BCUT2D eigenvalue weighted by atomic mass is 9.92. The fourth-order valence-electron chi connectivity index (χ4n) is 2.58. The molecule has 1 N–H and O–H groups in total. The van der Waals surface area contributed by atoms with E-state index in [-0.39, 0.29) is 5.91 Å². The molecule has 104 valence electrons. The van der Waals surface area contributed by atoms with Crippen LogP contribution in [0.3, 0.4) is 0 Å². The first-order chi connectivity index (χ1) is 9.04. The van der Waals surface area contributed by atoms with E-state index >= 15 is 0 Å². The van der Waals surface area contributed by atoms with E-state index < -0.39 is 12.0 Å². The molecule has 5 heteroatoms. The summed E-state index contributed by atoms with van der Waals surface area (Å²) in [6.07, 6.45) is 3.46. The fourth-order valence-corrected chi connectivity index (χ4v) is 2.58. The Morgan fingerprint density at radius 1 is 1.53 bits per heavy atom. The molecule has 1 aromatic rings. The van der Waals surface area contributed by atoms with E-state index in [2.05, 4.69) is 0 Å². The zero-order valence-electron chi connectivity index (χ0n) is 11.3. The maximum Gasteiger partial charge on any atom is 0.326 e. The van der Waals surface area contributed by atoms with E-state index in [1.807, 2.05) is 13.8 Å². The number of aryl methyl sites for hydroxylation is 1. The summed E-state index contributed by atoms with van der Waals surface area (Å²) >= 11 is 0. The molecule has 1 aromatic heterocycles. The Bertz CT molecular complexity index is 480. The largest absolute Gasteiger partial charge is 0.480 e. The lowest BCUT2D eigenvalue weighted by Crippen LogP contribution is -2.49. The summed E-state index contributed by atoms with van der Waals surface area (Å²) in [6.45, 7) is 4.42. The van der Waals surface area contributed by atoms with E-state index in [0.29, 0.717) is 36.6 Å². The van der Waals surface area contributed by atoms with Crippen LogP contribution in [0.5, 0.6) is 0 Å². The Kier molecular flexibility index (Phi) is 3.93. The quantitative estimate of drug-likeness (QED) is 0.909. The third kappa shape index (κ3) is 2.64. The van der Waals surface area contributed by atoms with E-state index in [1.54, 1.807) is 6.07 Å². The normalized spacial score (nSPS) is 23.4. The van der Waals surface area contributed by atoms with Crippen molar-refractivity contribution in [3.63, 3.8) is 0 Å². The van der Waals surface area contributed by atoms with Gasteiger partial charge in [0.2, 0.25) is 0 Å². The van der Waals surface area contributed by atoms with Crippen molar-refractivity contribution in [1.82, 2.24) is 4.90 Å². The summed E-state index contributed by atoms with van der Waals surface area (Å²) in [7, 11) is 0. The van der Waals surface area contributed by atoms with Gasteiger partial charge in [-0.25, -0.2) is 4.79 Å². The van der Waals surface area contributed by atoms with Gasteiger partial charge < -0.3 is 14.4 Å². The van der Waals surface area contributed by atoms with Crippen molar-refractivity contribution >= 4 is 11.9 Å². The molecule has 2 atom stereocenters. The number of rotatable bonds is 3. The van der Waals surface area contributed by atoms with Gasteiger partial charge in [-0.2, -0.15) is 0 Å². The summed E-state index contributed by atoms with van der Waals surface area (Å²) in [5.41, 5.74) is 0.489. The number of nitrogens with zero attached hydrogens (tertiary/aromatic N) is 1. The van der Waals surface area contributed by atoms with Crippen LogP contribution in [-0.2, 0) is 11.2 Å². The molecular weight excluding hydrogens is 246 g/mol. The second-order valence-corrected chi connectivity index (χ2v) is 5.09. The van der Waals surface area contributed by atoms with Crippen molar-refractivity contribution in [2.75, 3.05) is 6.54 Å². The second-order valence-electron chi connectivity index (χ2n) is 5.09. The van der Waals surface area contributed by atoms with Crippen LogP contribution in [-0.4, -0.2) is 34.5 Å². The molecule has 1 fully saturated rings. The zero-order chi connectivity index (χ0) is 14.0. The van der Waals surface area contributed by atoms with Gasteiger partial charge in [-0.15, -0.1) is 0 Å². The number of amides is 1. The number of likely N-dealkylation sites (tertiary alicyclic amines) is 1.